The zero-order valence-electron chi connectivity index (χ0n) is 9.10. The number of aromatic hydroxyl groups is 1. The van der Waals surface area contributed by atoms with E-state index in [9.17, 15) is 5.11 Å². The highest BCUT2D eigenvalue weighted by molar-refractivity contribution is 14.1. The lowest BCUT2D eigenvalue weighted by Gasteiger charge is -1.95. The Morgan fingerprint density at radius 3 is 2.78 bits per heavy atom. The Labute approximate surface area is 136 Å². The van der Waals surface area contributed by atoms with Gasteiger partial charge in [0.1, 0.15) is 5.75 Å². The highest BCUT2D eigenvalue weighted by Crippen LogP contribution is 2.24. The standard InChI is InChI=1S/C11H9I2N3OS/c12-5-8(13)6-18-11-14-10(15-16-11)7-1-3-9(17)4-2-7/h1-5,17H,6H2,(H,14,15,16)/b8-5+. The van der Waals surface area contributed by atoms with Crippen molar-refractivity contribution >= 4 is 56.9 Å². The van der Waals surface area contributed by atoms with Gasteiger partial charge in [-0.1, -0.05) is 34.4 Å². The molecule has 0 aliphatic rings. The second-order valence-corrected chi connectivity index (χ2v) is 6.31. The summed E-state index contributed by atoms with van der Waals surface area (Å²) in [5, 5.41) is 17.0. The molecule has 2 N–H and O–H groups in total. The lowest BCUT2D eigenvalue weighted by atomic mass is 10.2. The van der Waals surface area contributed by atoms with Crippen molar-refractivity contribution in [2.24, 2.45) is 0 Å². The molecule has 1 aromatic carbocycles. The van der Waals surface area contributed by atoms with Crippen LogP contribution in [0, 0.1) is 0 Å². The van der Waals surface area contributed by atoms with E-state index < -0.39 is 0 Å². The van der Waals surface area contributed by atoms with Crippen LogP contribution < -0.4 is 0 Å². The summed E-state index contributed by atoms with van der Waals surface area (Å²) in [5.41, 5.74) is 0.909. The second-order valence-electron chi connectivity index (χ2n) is 3.36. The number of rotatable bonds is 4. The van der Waals surface area contributed by atoms with Gasteiger partial charge in [-0.3, -0.25) is 5.10 Å². The maximum absolute atomic E-state index is 9.22. The monoisotopic (exact) mass is 485 g/mol. The van der Waals surface area contributed by atoms with E-state index in [-0.39, 0.29) is 5.75 Å². The Morgan fingerprint density at radius 1 is 1.39 bits per heavy atom. The van der Waals surface area contributed by atoms with Gasteiger partial charge in [-0.05, 0) is 50.9 Å². The number of thioether (sulfide) groups is 1. The van der Waals surface area contributed by atoms with Crippen LogP contribution in [0.2, 0.25) is 0 Å². The largest absolute Gasteiger partial charge is 0.508 e. The lowest BCUT2D eigenvalue weighted by molar-refractivity contribution is 0.475. The molecule has 0 aliphatic heterocycles. The number of benzene rings is 1. The van der Waals surface area contributed by atoms with E-state index in [1.165, 1.54) is 3.58 Å². The van der Waals surface area contributed by atoms with Crippen LogP contribution in [0.15, 0.2) is 37.1 Å². The summed E-state index contributed by atoms with van der Waals surface area (Å²) in [5.74, 6) is 1.83. The van der Waals surface area contributed by atoms with Crippen LogP contribution in [-0.2, 0) is 0 Å². The molecule has 7 heteroatoms. The fourth-order valence-electron chi connectivity index (χ4n) is 1.22. The van der Waals surface area contributed by atoms with Crippen LogP contribution in [0.5, 0.6) is 5.75 Å². The number of hydrogen-bond acceptors (Lipinski definition) is 4. The average molecular weight is 485 g/mol. The third-order valence-corrected chi connectivity index (χ3v) is 6.11. The van der Waals surface area contributed by atoms with Gasteiger partial charge in [-0.2, -0.15) is 0 Å². The molecule has 0 amide bonds. The maximum Gasteiger partial charge on any atom is 0.209 e. The third kappa shape index (κ3) is 3.85. The van der Waals surface area contributed by atoms with E-state index in [0.29, 0.717) is 5.82 Å². The van der Waals surface area contributed by atoms with Gasteiger partial charge < -0.3 is 5.11 Å². The van der Waals surface area contributed by atoms with Crippen LogP contribution in [0.3, 0.4) is 0 Å². The number of nitrogens with one attached hydrogen (secondary N) is 1. The fraction of sp³-hybridized carbons (Fsp3) is 0.0909. The summed E-state index contributed by atoms with van der Waals surface area (Å²) >= 11 is 6.10. The molecule has 2 aromatic rings. The molecule has 94 valence electrons. The topological polar surface area (TPSA) is 61.8 Å². The van der Waals surface area contributed by atoms with Crippen molar-refractivity contribution < 1.29 is 5.11 Å². The fourth-order valence-corrected chi connectivity index (χ4v) is 2.83. The average Bonchev–Trinajstić information content (AvgIpc) is 2.85. The van der Waals surface area contributed by atoms with Crippen molar-refractivity contribution in [2.45, 2.75) is 5.16 Å². The van der Waals surface area contributed by atoms with Gasteiger partial charge in [0.15, 0.2) is 5.82 Å². The zero-order valence-corrected chi connectivity index (χ0v) is 14.2. The minimum atomic E-state index is 0.245. The predicted octanol–water partition coefficient (Wildman–Crippen LogP) is 3.98. The van der Waals surface area contributed by atoms with Crippen LogP contribution in [0.25, 0.3) is 11.4 Å². The summed E-state index contributed by atoms with van der Waals surface area (Å²) < 4.78 is 3.30. The third-order valence-electron chi connectivity index (χ3n) is 2.06. The van der Waals surface area contributed by atoms with E-state index in [1.807, 2.05) is 4.08 Å². The molecule has 0 saturated carbocycles. The van der Waals surface area contributed by atoms with Crippen LogP contribution in [-0.4, -0.2) is 26.0 Å². The first-order valence-electron chi connectivity index (χ1n) is 4.98. The van der Waals surface area contributed by atoms with E-state index in [2.05, 4.69) is 60.4 Å². The molecule has 0 radical (unpaired) electrons. The Kier molecular flexibility index (Phi) is 5.30. The van der Waals surface area contributed by atoms with E-state index in [4.69, 9.17) is 0 Å². The number of aromatic nitrogens is 3. The normalized spacial score (nSPS) is 11.8. The van der Waals surface area contributed by atoms with E-state index in [0.717, 1.165) is 16.5 Å². The molecule has 0 bridgehead atoms. The smallest absolute Gasteiger partial charge is 0.209 e. The molecule has 0 spiro atoms. The molecule has 4 nitrogen and oxygen atoms in total. The number of aromatic amines is 1. The van der Waals surface area contributed by atoms with Crippen molar-refractivity contribution in [2.75, 3.05) is 5.75 Å². The number of hydrogen-bond donors (Lipinski definition) is 2. The lowest BCUT2D eigenvalue weighted by Crippen LogP contribution is -1.81. The van der Waals surface area contributed by atoms with Crippen molar-refractivity contribution in [3.05, 3.63) is 31.9 Å². The van der Waals surface area contributed by atoms with Crippen LogP contribution in [0.4, 0.5) is 0 Å². The second kappa shape index (κ2) is 6.75. The van der Waals surface area contributed by atoms with Gasteiger partial charge in [-0.25, -0.2) is 4.98 Å². The van der Waals surface area contributed by atoms with Crippen molar-refractivity contribution in [3.63, 3.8) is 0 Å². The van der Waals surface area contributed by atoms with Gasteiger partial charge in [0, 0.05) is 14.9 Å². The van der Waals surface area contributed by atoms with Gasteiger partial charge in [0.25, 0.3) is 0 Å². The maximum atomic E-state index is 9.22. The van der Waals surface area contributed by atoms with Crippen LogP contribution >= 0.6 is 56.9 Å². The van der Waals surface area contributed by atoms with E-state index >= 15 is 0 Å². The summed E-state index contributed by atoms with van der Waals surface area (Å²) in [6.07, 6.45) is 0. The number of nitrogens with zero attached hydrogens (tertiary/aromatic N) is 2. The number of phenols is 1. The van der Waals surface area contributed by atoms with E-state index in [1.54, 1.807) is 36.0 Å². The van der Waals surface area contributed by atoms with Gasteiger partial charge >= 0.3 is 0 Å². The molecule has 2 rings (SSSR count). The highest BCUT2D eigenvalue weighted by atomic mass is 127. The predicted molar refractivity (Wildman–Crippen MR) is 90.3 cm³/mol. The first-order valence-corrected chi connectivity index (χ1v) is 8.29. The molecule has 0 unspecified atom stereocenters. The zero-order chi connectivity index (χ0) is 13.0. The summed E-state index contributed by atoms with van der Waals surface area (Å²) in [6.45, 7) is 0. The SMILES string of the molecule is Oc1ccc(-c2nc(SC/C(I)=C\I)n[nH]2)cc1. The first-order chi connectivity index (χ1) is 8.69. The van der Waals surface area contributed by atoms with Gasteiger partial charge in [0.05, 0.1) is 0 Å². The number of phenolic OH excluding ortho intramolecular Hbond substituents is 1. The first kappa shape index (κ1) is 14.1. The Bertz CT molecular complexity index is 554. The van der Waals surface area contributed by atoms with Crippen LogP contribution in [0.1, 0.15) is 0 Å². The molecule has 0 aliphatic carbocycles. The summed E-state index contributed by atoms with van der Waals surface area (Å²) in [4.78, 5) is 4.40. The number of halogens is 2. The minimum Gasteiger partial charge on any atom is -0.508 e. The minimum absolute atomic E-state index is 0.245. The number of H-pyrrole nitrogens is 1. The molecule has 0 saturated heterocycles. The highest BCUT2D eigenvalue weighted by Gasteiger charge is 2.06. The molecule has 1 aromatic heterocycles. The molecule has 0 fully saturated rings. The van der Waals surface area contributed by atoms with Crippen molar-refractivity contribution in [3.8, 4) is 17.1 Å². The molecular formula is C11H9I2N3OS. The Hall–Kier alpha value is -0.290. The molecule has 1 heterocycles. The van der Waals surface area contributed by atoms with Gasteiger partial charge in [0.2, 0.25) is 5.16 Å². The molecule has 18 heavy (non-hydrogen) atoms. The van der Waals surface area contributed by atoms with Gasteiger partial charge in [-0.15, -0.1) is 5.10 Å². The Balaban J connectivity index is 2.08. The molecular weight excluding hydrogens is 476 g/mol. The van der Waals surface area contributed by atoms with Crippen molar-refractivity contribution in [1.82, 2.24) is 15.2 Å². The summed E-state index contributed by atoms with van der Waals surface area (Å²) in [7, 11) is 0. The van der Waals surface area contributed by atoms with Crippen molar-refractivity contribution in [1.29, 1.82) is 0 Å². The quantitative estimate of drug-likeness (QED) is 0.509. The molecule has 0 atom stereocenters. The Morgan fingerprint density at radius 2 is 2.11 bits per heavy atom. The summed E-state index contributed by atoms with van der Waals surface area (Å²) in [6, 6.07) is 6.87.